The van der Waals surface area contributed by atoms with Crippen LogP contribution in [0.3, 0.4) is 0 Å². The number of hydrazone groups is 1. The van der Waals surface area contributed by atoms with Crippen molar-refractivity contribution in [1.29, 1.82) is 0 Å². The van der Waals surface area contributed by atoms with Gasteiger partial charge in [-0.25, -0.2) is 9.59 Å². The number of rotatable bonds is 6. The van der Waals surface area contributed by atoms with Gasteiger partial charge in [0.25, 0.3) is 0 Å². The van der Waals surface area contributed by atoms with Crippen LogP contribution in [0, 0.1) is 0 Å². The first-order valence-corrected chi connectivity index (χ1v) is 8.33. The molecule has 0 bridgehead atoms. The van der Waals surface area contributed by atoms with Crippen LogP contribution in [0.5, 0.6) is 0 Å². The van der Waals surface area contributed by atoms with Gasteiger partial charge in [0.15, 0.2) is 0 Å². The molecule has 0 saturated carbocycles. The van der Waals surface area contributed by atoms with Crippen LogP contribution in [0.4, 0.5) is 9.59 Å². The fourth-order valence-electron chi connectivity index (χ4n) is 1.31. The van der Waals surface area contributed by atoms with Crippen LogP contribution < -0.4 is 27.5 Å². The maximum atomic E-state index is 11.8. The predicted molar refractivity (Wildman–Crippen MR) is 94.5 cm³/mol. The first-order chi connectivity index (χ1) is 11.7. The highest BCUT2D eigenvalue weighted by Gasteiger charge is 2.20. The quantitative estimate of drug-likeness (QED) is 0.354. The van der Waals surface area contributed by atoms with E-state index in [4.69, 9.17) is 11.5 Å². The standard InChI is InChI=1S/C11H18N8O4S2/c1-18(2)19-16-6(24-8(20)4-14-10(12)22)3-7(17-19)25-9(21)5-15-11(13)23/h3,16H,4-5H2,1-2H3,(H3,12,14,22)(H3,13,15,23). The van der Waals surface area contributed by atoms with Crippen molar-refractivity contribution in [1.82, 2.24) is 26.3 Å². The molecule has 0 atom stereocenters. The normalized spacial score (nSPS) is 13.5. The van der Waals surface area contributed by atoms with Crippen LogP contribution in [-0.4, -0.2) is 64.8 Å². The summed E-state index contributed by atoms with van der Waals surface area (Å²) in [5, 5.41) is 11.3. The van der Waals surface area contributed by atoms with E-state index in [1.54, 1.807) is 19.1 Å². The maximum absolute atomic E-state index is 11.8. The smallest absolute Gasteiger partial charge is 0.312 e. The van der Waals surface area contributed by atoms with Crippen LogP contribution in [0.1, 0.15) is 0 Å². The van der Waals surface area contributed by atoms with Crippen molar-refractivity contribution in [2.45, 2.75) is 0 Å². The lowest BCUT2D eigenvalue weighted by Gasteiger charge is -2.30. The summed E-state index contributed by atoms with van der Waals surface area (Å²) in [5.74, 6) is 0. The Morgan fingerprint density at radius 3 is 2.12 bits per heavy atom. The van der Waals surface area contributed by atoms with Crippen molar-refractivity contribution in [3.05, 3.63) is 11.1 Å². The highest BCUT2D eigenvalue weighted by molar-refractivity contribution is 8.26. The summed E-state index contributed by atoms with van der Waals surface area (Å²) < 4.78 is 0. The first kappa shape index (κ1) is 20.6. The highest BCUT2D eigenvalue weighted by Crippen LogP contribution is 2.21. The zero-order chi connectivity index (χ0) is 19.0. The number of nitrogens with zero attached hydrogens (tertiary/aromatic N) is 3. The van der Waals surface area contributed by atoms with Crippen molar-refractivity contribution in [3.8, 4) is 0 Å². The van der Waals surface area contributed by atoms with Gasteiger partial charge in [-0.05, 0) is 23.5 Å². The Morgan fingerprint density at radius 2 is 1.64 bits per heavy atom. The number of urea groups is 2. The molecule has 0 aromatic carbocycles. The molecular weight excluding hydrogens is 372 g/mol. The third-order valence-corrected chi connectivity index (χ3v) is 3.87. The van der Waals surface area contributed by atoms with Crippen LogP contribution in [0.25, 0.3) is 0 Å². The van der Waals surface area contributed by atoms with E-state index in [9.17, 15) is 19.2 Å². The number of hydrogen-bond donors (Lipinski definition) is 5. The Balaban J connectivity index is 2.74. The van der Waals surface area contributed by atoms with Crippen molar-refractivity contribution in [3.63, 3.8) is 0 Å². The van der Waals surface area contributed by atoms with Gasteiger partial charge in [0.1, 0.15) is 10.1 Å². The van der Waals surface area contributed by atoms with Crippen LogP contribution in [-0.2, 0) is 9.59 Å². The predicted octanol–water partition coefficient (Wildman–Crippen LogP) is -1.71. The number of hydrazine groups is 2. The van der Waals surface area contributed by atoms with Gasteiger partial charge in [0.05, 0.1) is 13.1 Å². The average Bonchev–Trinajstić information content (AvgIpc) is 2.50. The summed E-state index contributed by atoms with van der Waals surface area (Å²) in [6.07, 6.45) is 1.49. The summed E-state index contributed by atoms with van der Waals surface area (Å²) in [6.45, 7) is -0.506. The van der Waals surface area contributed by atoms with Gasteiger partial charge in [-0.2, -0.15) is 5.01 Å². The van der Waals surface area contributed by atoms with E-state index < -0.39 is 12.1 Å². The molecule has 0 spiro atoms. The van der Waals surface area contributed by atoms with Crippen molar-refractivity contribution < 1.29 is 19.2 Å². The van der Waals surface area contributed by atoms with Crippen LogP contribution in [0.15, 0.2) is 16.2 Å². The number of carbonyl (C=O) groups is 4. The molecule has 0 saturated heterocycles. The van der Waals surface area contributed by atoms with Crippen molar-refractivity contribution >= 4 is 50.9 Å². The minimum Gasteiger partial charge on any atom is -0.352 e. The zero-order valence-electron chi connectivity index (χ0n) is 13.4. The summed E-state index contributed by atoms with van der Waals surface area (Å²) in [7, 11) is 3.39. The third kappa shape index (κ3) is 8.27. The number of hydrogen-bond acceptors (Lipinski definition) is 10. The minimum atomic E-state index is -0.810. The Bertz CT molecular complexity index is 621. The second kappa shape index (κ2) is 9.75. The molecule has 12 nitrogen and oxygen atoms in total. The molecule has 138 valence electrons. The molecule has 0 fully saturated rings. The molecule has 25 heavy (non-hydrogen) atoms. The lowest BCUT2D eigenvalue weighted by atomic mass is 10.6. The van der Waals surface area contributed by atoms with E-state index in [2.05, 4.69) is 21.2 Å². The zero-order valence-corrected chi connectivity index (χ0v) is 15.1. The Hall–Kier alpha value is -2.45. The molecule has 0 unspecified atom stereocenters. The number of thioether (sulfide) groups is 2. The number of nitrogens with one attached hydrogen (secondary N) is 3. The molecule has 0 aromatic rings. The topological polar surface area (TPSA) is 175 Å². The maximum Gasteiger partial charge on any atom is 0.312 e. The van der Waals surface area contributed by atoms with Gasteiger partial charge in [-0.3, -0.25) is 15.0 Å². The molecule has 14 heteroatoms. The minimum absolute atomic E-state index is 0.248. The third-order valence-electron chi connectivity index (χ3n) is 2.29. The number of primary amides is 2. The Labute approximate surface area is 151 Å². The van der Waals surface area contributed by atoms with Crippen LogP contribution in [0.2, 0.25) is 0 Å². The fourth-order valence-corrected chi connectivity index (χ4v) is 2.75. The summed E-state index contributed by atoms with van der Waals surface area (Å²) in [4.78, 5) is 44.8. The molecule has 4 amide bonds. The molecule has 0 aliphatic carbocycles. The van der Waals surface area contributed by atoms with Crippen LogP contribution >= 0.6 is 23.5 Å². The number of nitrogens with two attached hydrogens (primary N) is 2. The number of carbonyl (C=O) groups excluding carboxylic acids is 4. The lowest BCUT2D eigenvalue weighted by Crippen LogP contribution is -2.45. The van der Waals surface area contributed by atoms with E-state index in [1.165, 1.54) is 11.3 Å². The van der Waals surface area contributed by atoms with Gasteiger partial charge in [-0.1, -0.05) is 0 Å². The second-order valence-corrected chi connectivity index (χ2v) is 6.76. The summed E-state index contributed by atoms with van der Waals surface area (Å²) >= 11 is 1.58. The Kier molecular flexibility index (Phi) is 8.03. The molecule has 0 radical (unpaired) electrons. The van der Waals surface area contributed by atoms with E-state index in [-0.39, 0.29) is 23.3 Å². The average molecular weight is 390 g/mol. The molecule has 1 aliphatic rings. The lowest BCUT2D eigenvalue weighted by molar-refractivity contribution is -0.110. The molecule has 1 heterocycles. The number of amides is 4. The van der Waals surface area contributed by atoms with E-state index >= 15 is 0 Å². The van der Waals surface area contributed by atoms with Gasteiger partial charge < -0.3 is 22.1 Å². The first-order valence-electron chi connectivity index (χ1n) is 6.69. The summed E-state index contributed by atoms with van der Waals surface area (Å²) in [6, 6.07) is -1.62. The van der Waals surface area contributed by atoms with Gasteiger partial charge in [0, 0.05) is 20.2 Å². The van der Waals surface area contributed by atoms with Gasteiger partial charge in [-0.15, -0.1) is 10.3 Å². The highest BCUT2D eigenvalue weighted by atomic mass is 32.2. The van der Waals surface area contributed by atoms with E-state index in [0.29, 0.717) is 10.1 Å². The molecule has 1 rings (SSSR count). The molecule has 1 aliphatic heterocycles. The largest absolute Gasteiger partial charge is 0.352 e. The van der Waals surface area contributed by atoms with Gasteiger partial charge in [0.2, 0.25) is 10.2 Å². The van der Waals surface area contributed by atoms with Crippen molar-refractivity contribution in [2.75, 3.05) is 27.2 Å². The van der Waals surface area contributed by atoms with E-state index in [0.717, 1.165) is 23.5 Å². The fraction of sp³-hybridized carbons (Fsp3) is 0.364. The molecule has 7 N–H and O–H groups in total. The second-order valence-electron chi connectivity index (χ2n) is 4.58. The Morgan fingerprint density at radius 1 is 1.12 bits per heavy atom. The summed E-state index contributed by atoms with van der Waals surface area (Å²) in [5.41, 5.74) is 12.7. The molecule has 0 aromatic heterocycles. The molecular formula is C11H18N8O4S2. The van der Waals surface area contributed by atoms with Crippen molar-refractivity contribution in [2.24, 2.45) is 16.6 Å². The monoisotopic (exact) mass is 390 g/mol. The van der Waals surface area contributed by atoms with E-state index in [1.807, 2.05) is 0 Å². The van der Waals surface area contributed by atoms with Gasteiger partial charge >= 0.3 is 12.1 Å². The SMILES string of the molecule is CN(C)N1N=C(SC(=O)CNC(N)=O)C=C(SC(=O)CNC(N)=O)N1.